The monoisotopic (exact) mass is 246 g/mol. The minimum atomic E-state index is -0.222. The first-order chi connectivity index (χ1) is 6.09. The van der Waals surface area contributed by atoms with Gasteiger partial charge in [-0.2, -0.15) is 0 Å². The quantitative estimate of drug-likeness (QED) is 0.823. The zero-order valence-corrected chi connectivity index (χ0v) is 9.23. The fourth-order valence-electron chi connectivity index (χ4n) is 0.908. The topological polar surface area (TPSA) is 15.3 Å². The molecule has 4 heteroatoms. The van der Waals surface area contributed by atoms with E-state index in [9.17, 15) is 4.39 Å². The molecule has 0 saturated heterocycles. The highest BCUT2D eigenvalue weighted by Crippen LogP contribution is 2.17. The van der Waals surface area contributed by atoms with Gasteiger partial charge in [0.15, 0.2) is 0 Å². The zero-order chi connectivity index (χ0) is 9.84. The van der Waals surface area contributed by atoms with E-state index in [4.69, 9.17) is 0 Å². The molecular weight excluding hydrogens is 235 g/mol. The van der Waals surface area contributed by atoms with Crippen LogP contribution in [0, 0.1) is 5.82 Å². The molecule has 0 saturated carbocycles. The first-order valence-electron chi connectivity index (χ1n) is 3.94. The summed E-state index contributed by atoms with van der Waals surface area (Å²) in [5.41, 5.74) is 4.14. The van der Waals surface area contributed by atoms with Crippen LogP contribution in [0.4, 0.5) is 4.39 Å². The number of hydrazine groups is 1. The van der Waals surface area contributed by atoms with Crippen molar-refractivity contribution in [3.8, 4) is 0 Å². The van der Waals surface area contributed by atoms with E-state index in [0.29, 0.717) is 6.54 Å². The molecule has 0 atom stereocenters. The van der Waals surface area contributed by atoms with Crippen LogP contribution >= 0.6 is 15.9 Å². The molecule has 0 bridgehead atoms. The van der Waals surface area contributed by atoms with E-state index < -0.39 is 0 Å². The predicted molar refractivity (Wildman–Crippen MR) is 54.6 cm³/mol. The van der Waals surface area contributed by atoms with Crippen LogP contribution in [0.2, 0.25) is 0 Å². The van der Waals surface area contributed by atoms with Gasteiger partial charge in [0.1, 0.15) is 5.82 Å². The Bertz CT molecular complexity index is 289. The molecule has 0 aliphatic rings. The number of hydrogen-bond donors (Lipinski definition) is 1. The average molecular weight is 247 g/mol. The van der Waals surface area contributed by atoms with E-state index in [1.165, 1.54) is 12.1 Å². The fourth-order valence-corrected chi connectivity index (χ4v) is 1.40. The lowest BCUT2D eigenvalue weighted by molar-refractivity contribution is 0.285. The Morgan fingerprint density at radius 2 is 2.15 bits per heavy atom. The summed E-state index contributed by atoms with van der Waals surface area (Å²) in [7, 11) is 3.83. The van der Waals surface area contributed by atoms with Crippen molar-refractivity contribution in [3.05, 3.63) is 34.1 Å². The maximum Gasteiger partial charge on any atom is 0.124 e. The summed E-state index contributed by atoms with van der Waals surface area (Å²) in [4.78, 5) is 0. The second kappa shape index (κ2) is 4.69. The number of benzene rings is 1. The molecule has 0 unspecified atom stereocenters. The van der Waals surface area contributed by atoms with Crippen molar-refractivity contribution in [3.63, 3.8) is 0 Å². The van der Waals surface area contributed by atoms with Crippen molar-refractivity contribution in [1.82, 2.24) is 10.4 Å². The summed E-state index contributed by atoms with van der Waals surface area (Å²) in [6.07, 6.45) is 0. The minimum absolute atomic E-state index is 0.222. The van der Waals surface area contributed by atoms with Crippen molar-refractivity contribution < 1.29 is 4.39 Å². The standard InChI is InChI=1S/C9H12BrFN2/c1-13(2)12-6-7-3-4-8(11)5-9(7)10/h3-5,12H,6H2,1-2H3. The van der Waals surface area contributed by atoms with E-state index in [-0.39, 0.29) is 5.82 Å². The molecule has 1 aromatic carbocycles. The molecule has 0 radical (unpaired) electrons. The number of rotatable bonds is 3. The predicted octanol–water partition coefficient (Wildman–Crippen LogP) is 2.15. The number of hydrogen-bond acceptors (Lipinski definition) is 2. The van der Waals surface area contributed by atoms with Crippen molar-refractivity contribution in [2.24, 2.45) is 0 Å². The second-order valence-electron chi connectivity index (χ2n) is 2.97. The number of halogens is 2. The Labute approximate surface area is 85.8 Å². The summed E-state index contributed by atoms with van der Waals surface area (Å²) in [5, 5.41) is 1.86. The van der Waals surface area contributed by atoms with Crippen molar-refractivity contribution in [1.29, 1.82) is 0 Å². The van der Waals surface area contributed by atoms with Crippen molar-refractivity contribution in [2.75, 3.05) is 14.1 Å². The van der Waals surface area contributed by atoms with Gasteiger partial charge in [-0.05, 0) is 17.7 Å². The number of nitrogens with zero attached hydrogens (tertiary/aromatic N) is 1. The van der Waals surface area contributed by atoms with Gasteiger partial charge in [0.25, 0.3) is 0 Å². The highest BCUT2D eigenvalue weighted by atomic mass is 79.9. The maximum absolute atomic E-state index is 12.7. The molecule has 2 nitrogen and oxygen atoms in total. The SMILES string of the molecule is CN(C)NCc1ccc(F)cc1Br. The van der Waals surface area contributed by atoms with Crippen LogP contribution in [0.25, 0.3) is 0 Å². The second-order valence-corrected chi connectivity index (χ2v) is 3.82. The van der Waals surface area contributed by atoms with Gasteiger partial charge in [0.2, 0.25) is 0 Å². The van der Waals surface area contributed by atoms with E-state index in [2.05, 4.69) is 21.4 Å². The Morgan fingerprint density at radius 1 is 1.46 bits per heavy atom. The van der Waals surface area contributed by atoms with E-state index in [0.717, 1.165) is 10.0 Å². The van der Waals surface area contributed by atoms with Crippen molar-refractivity contribution >= 4 is 15.9 Å². The first kappa shape index (κ1) is 10.6. The molecule has 0 amide bonds. The van der Waals surface area contributed by atoms with Gasteiger partial charge in [-0.3, -0.25) is 10.4 Å². The molecule has 1 rings (SSSR count). The van der Waals surface area contributed by atoms with Crippen LogP contribution in [0.15, 0.2) is 22.7 Å². The lowest BCUT2D eigenvalue weighted by Gasteiger charge is -2.12. The third-order valence-corrected chi connectivity index (χ3v) is 2.34. The Kier molecular flexibility index (Phi) is 3.84. The Hall–Kier alpha value is -0.450. The van der Waals surface area contributed by atoms with Crippen LogP contribution in [0.3, 0.4) is 0 Å². The Balaban J connectivity index is 2.67. The highest BCUT2D eigenvalue weighted by molar-refractivity contribution is 9.10. The highest BCUT2D eigenvalue weighted by Gasteiger charge is 2.00. The van der Waals surface area contributed by atoms with Crippen LogP contribution in [-0.2, 0) is 6.54 Å². The summed E-state index contributed by atoms with van der Waals surface area (Å²) >= 11 is 3.30. The van der Waals surface area contributed by atoms with Gasteiger partial charge >= 0.3 is 0 Å². The number of nitrogens with one attached hydrogen (secondary N) is 1. The van der Waals surface area contributed by atoms with Crippen LogP contribution in [0.1, 0.15) is 5.56 Å². The fraction of sp³-hybridized carbons (Fsp3) is 0.333. The summed E-state index contributed by atoms with van der Waals surface area (Å²) < 4.78 is 13.5. The molecule has 0 aliphatic carbocycles. The molecule has 1 N–H and O–H groups in total. The van der Waals surface area contributed by atoms with Gasteiger partial charge in [-0.25, -0.2) is 4.39 Å². The molecule has 0 fully saturated rings. The van der Waals surface area contributed by atoms with Crippen molar-refractivity contribution in [2.45, 2.75) is 6.54 Å². The minimum Gasteiger partial charge on any atom is -0.251 e. The van der Waals surface area contributed by atoms with Crippen LogP contribution in [-0.4, -0.2) is 19.1 Å². The summed E-state index contributed by atoms with van der Waals surface area (Å²) in [6, 6.07) is 4.68. The molecule has 72 valence electrons. The molecule has 0 aliphatic heterocycles. The molecule has 1 aromatic rings. The molecular formula is C9H12BrFN2. The summed E-state index contributed by atoms with van der Waals surface area (Å²) in [6.45, 7) is 0.688. The van der Waals surface area contributed by atoms with E-state index >= 15 is 0 Å². The zero-order valence-electron chi connectivity index (χ0n) is 7.64. The first-order valence-corrected chi connectivity index (χ1v) is 4.73. The van der Waals surface area contributed by atoms with Gasteiger partial charge in [0.05, 0.1) is 0 Å². The van der Waals surface area contributed by atoms with Crippen LogP contribution in [0.5, 0.6) is 0 Å². The third kappa shape index (κ3) is 3.42. The lowest BCUT2D eigenvalue weighted by Crippen LogP contribution is -2.29. The van der Waals surface area contributed by atoms with Gasteiger partial charge < -0.3 is 0 Å². The lowest BCUT2D eigenvalue weighted by atomic mass is 10.2. The van der Waals surface area contributed by atoms with Gasteiger partial charge in [0, 0.05) is 25.1 Å². The Morgan fingerprint density at radius 3 is 2.69 bits per heavy atom. The van der Waals surface area contributed by atoms with Gasteiger partial charge in [-0.1, -0.05) is 22.0 Å². The average Bonchev–Trinajstić information content (AvgIpc) is 2.02. The smallest absolute Gasteiger partial charge is 0.124 e. The maximum atomic E-state index is 12.7. The molecule has 0 spiro atoms. The van der Waals surface area contributed by atoms with E-state index in [1.54, 1.807) is 6.07 Å². The molecule has 13 heavy (non-hydrogen) atoms. The normalized spacial score (nSPS) is 10.8. The van der Waals surface area contributed by atoms with E-state index in [1.807, 2.05) is 19.1 Å². The van der Waals surface area contributed by atoms with Crippen LogP contribution < -0.4 is 5.43 Å². The third-order valence-electron chi connectivity index (χ3n) is 1.60. The largest absolute Gasteiger partial charge is 0.251 e. The summed E-state index contributed by atoms with van der Waals surface area (Å²) in [5.74, 6) is -0.222. The molecule has 0 heterocycles. The molecule has 0 aromatic heterocycles. The van der Waals surface area contributed by atoms with Gasteiger partial charge in [-0.15, -0.1) is 0 Å².